The fourth-order valence-electron chi connectivity index (χ4n) is 1.80. The first kappa shape index (κ1) is 15.4. The fourth-order valence-corrected chi connectivity index (χ4v) is 2.22. The van der Waals surface area contributed by atoms with E-state index in [1.807, 2.05) is 6.07 Å². The molecule has 1 unspecified atom stereocenters. The molecule has 0 saturated carbocycles. The smallest absolute Gasteiger partial charge is 0.270 e. The van der Waals surface area contributed by atoms with Gasteiger partial charge in [-0.3, -0.25) is 15.1 Å². The molecule has 110 valence electrons. The van der Waals surface area contributed by atoms with Gasteiger partial charge in [0.1, 0.15) is 12.4 Å². The Balaban J connectivity index is 2.21. The van der Waals surface area contributed by atoms with Gasteiger partial charge in [0.25, 0.3) is 5.69 Å². The minimum Gasteiger partial charge on any atom is -0.488 e. The van der Waals surface area contributed by atoms with E-state index in [4.69, 9.17) is 4.74 Å². The van der Waals surface area contributed by atoms with E-state index in [9.17, 15) is 15.2 Å². The molecule has 0 aliphatic carbocycles. The highest BCUT2D eigenvalue weighted by Crippen LogP contribution is 2.30. The van der Waals surface area contributed by atoms with Crippen LogP contribution in [0, 0.1) is 10.1 Å². The van der Waals surface area contributed by atoms with E-state index in [0.717, 1.165) is 10.0 Å². The van der Waals surface area contributed by atoms with Gasteiger partial charge >= 0.3 is 0 Å². The minimum atomic E-state index is -0.861. The third kappa shape index (κ3) is 3.99. The monoisotopic (exact) mass is 352 g/mol. The second kappa shape index (κ2) is 6.64. The number of aliphatic hydroxyl groups excluding tert-OH is 1. The Morgan fingerprint density at radius 3 is 2.81 bits per heavy atom. The second-order valence-electron chi connectivity index (χ2n) is 4.46. The van der Waals surface area contributed by atoms with E-state index in [0.29, 0.717) is 11.3 Å². The van der Waals surface area contributed by atoms with Crippen LogP contribution in [0.1, 0.15) is 24.2 Å². The Morgan fingerprint density at radius 2 is 2.19 bits per heavy atom. The van der Waals surface area contributed by atoms with Gasteiger partial charge in [-0.15, -0.1) is 0 Å². The number of halogens is 1. The predicted octanol–water partition coefficient (Wildman–Crippen LogP) is 3.38. The van der Waals surface area contributed by atoms with E-state index in [1.165, 1.54) is 25.1 Å². The molecular formula is C14H13BrN2O4. The summed E-state index contributed by atoms with van der Waals surface area (Å²) in [6.07, 6.45) is 2.47. The molecule has 2 rings (SSSR count). The number of aliphatic hydroxyl groups is 1. The molecule has 6 nitrogen and oxygen atoms in total. The zero-order chi connectivity index (χ0) is 15.4. The van der Waals surface area contributed by atoms with Crippen LogP contribution in [0.3, 0.4) is 0 Å². The van der Waals surface area contributed by atoms with E-state index >= 15 is 0 Å². The van der Waals surface area contributed by atoms with Crippen molar-refractivity contribution in [2.45, 2.75) is 19.6 Å². The van der Waals surface area contributed by atoms with Gasteiger partial charge in [-0.1, -0.05) is 0 Å². The SMILES string of the molecule is CC(O)c1cc([N+](=O)[O-])ccc1OCc1cncc(Br)c1. The van der Waals surface area contributed by atoms with E-state index in [2.05, 4.69) is 20.9 Å². The summed E-state index contributed by atoms with van der Waals surface area (Å²) in [5.74, 6) is 0.413. The molecule has 1 aromatic heterocycles. The lowest BCUT2D eigenvalue weighted by molar-refractivity contribution is -0.385. The molecule has 0 aliphatic heterocycles. The zero-order valence-corrected chi connectivity index (χ0v) is 12.8. The average molecular weight is 353 g/mol. The van der Waals surface area contributed by atoms with Gasteiger partial charge in [0.15, 0.2) is 0 Å². The lowest BCUT2D eigenvalue weighted by atomic mass is 10.1. The van der Waals surface area contributed by atoms with Crippen molar-refractivity contribution < 1.29 is 14.8 Å². The molecule has 0 saturated heterocycles. The zero-order valence-electron chi connectivity index (χ0n) is 11.2. The number of hydrogen-bond acceptors (Lipinski definition) is 5. The number of aromatic nitrogens is 1. The first-order chi connectivity index (χ1) is 9.97. The van der Waals surface area contributed by atoms with Gasteiger partial charge in [-0.2, -0.15) is 0 Å². The Hall–Kier alpha value is -1.99. The number of nitro groups is 1. The topological polar surface area (TPSA) is 85.5 Å². The molecule has 2 aromatic rings. The lowest BCUT2D eigenvalue weighted by Gasteiger charge is -2.13. The highest BCUT2D eigenvalue weighted by atomic mass is 79.9. The van der Waals surface area contributed by atoms with Crippen molar-refractivity contribution in [2.24, 2.45) is 0 Å². The molecule has 0 amide bonds. The molecule has 1 atom stereocenters. The number of benzene rings is 1. The van der Waals surface area contributed by atoms with Crippen LogP contribution in [0.2, 0.25) is 0 Å². The van der Waals surface area contributed by atoms with Crippen LogP contribution in [0.25, 0.3) is 0 Å². The Labute approximate surface area is 129 Å². The molecular weight excluding hydrogens is 340 g/mol. The van der Waals surface area contributed by atoms with Gasteiger partial charge in [-0.25, -0.2) is 0 Å². The molecule has 1 N–H and O–H groups in total. The van der Waals surface area contributed by atoms with Crippen molar-refractivity contribution >= 4 is 21.6 Å². The summed E-state index contributed by atoms with van der Waals surface area (Å²) < 4.78 is 6.47. The molecule has 0 fully saturated rings. The lowest BCUT2D eigenvalue weighted by Crippen LogP contribution is -2.02. The summed E-state index contributed by atoms with van der Waals surface area (Å²) in [6, 6.07) is 6.02. The highest BCUT2D eigenvalue weighted by Gasteiger charge is 2.15. The summed E-state index contributed by atoms with van der Waals surface area (Å²) >= 11 is 3.32. The van der Waals surface area contributed by atoms with Gasteiger partial charge in [0, 0.05) is 40.1 Å². The van der Waals surface area contributed by atoms with Crippen molar-refractivity contribution in [3.05, 3.63) is 62.4 Å². The quantitative estimate of drug-likeness (QED) is 0.658. The van der Waals surface area contributed by atoms with Crippen molar-refractivity contribution in [3.8, 4) is 5.75 Å². The molecule has 0 aliphatic rings. The largest absolute Gasteiger partial charge is 0.488 e. The number of rotatable bonds is 5. The summed E-state index contributed by atoms with van der Waals surface area (Å²) in [7, 11) is 0. The maximum Gasteiger partial charge on any atom is 0.270 e. The van der Waals surface area contributed by atoms with E-state index in [1.54, 1.807) is 12.4 Å². The molecule has 0 bridgehead atoms. The molecule has 1 aromatic carbocycles. The molecule has 0 radical (unpaired) electrons. The maximum atomic E-state index is 10.8. The molecule has 0 spiro atoms. The van der Waals surface area contributed by atoms with E-state index < -0.39 is 11.0 Å². The summed E-state index contributed by atoms with van der Waals surface area (Å²) in [4.78, 5) is 14.3. The van der Waals surface area contributed by atoms with Crippen LogP contribution >= 0.6 is 15.9 Å². The number of nitrogens with zero attached hydrogens (tertiary/aromatic N) is 2. The molecule has 21 heavy (non-hydrogen) atoms. The summed E-state index contributed by atoms with van der Waals surface area (Å²) in [5.41, 5.74) is 1.15. The number of hydrogen-bond donors (Lipinski definition) is 1. The number of non-ortho nitro benzene ring substituents is 1. The van der Waals surface area contributed by atoms with Gasteiger partial charge in [0.05, 0.1) is 11.0 Å². The highest BCUT2D eigenvalue weighted by molar-refractivity contribution is 9.10. The summed E-state index contributed by atoms with van der Waals surface area (Å²) in [6.45, 7) is 1.79. The van der Waals surface area contributed by atoms with Crippen LogP contribution in [0.4, 0.5) is 5.69 Å². The number of nitro benzene ring substituents is 1. The standard InChI is InChI=1S/C14H13BrN2O4/c1-9(18)13-5-12(17(19)20)2-3-14(13)21-8-10-4-11(15)7-16-6-10/h2-7,9,18H,8H2,1H3. The molecule has 1 heterocycles. The molecule has 7 heteroatoms. The predicted molar refractivity (Wildman–Crippen MR) is 80.0 cm³/mol. The van der Waals surface area contributed by atoms with Crippen LogP contribution in [-0.4, -0.2) is 15.0 Å². The number of pyridine rings is 1. The fraction of sp³-hybridized carbons (Fsp3) is 0.214. The first-order valence-corrected chi connectivity index (χ1v) is 6.95. The second-order valence-corrected chi connectivity index (χ2v) is 5.37. The van der Waals surface area contributed by atoms with Gasteiger partial charge in [-0.05, 0) is 35.0 Å². The Kier molecular flexibility index (Phi) is 4.87. The van der Waals surface area contributed by atoms with Crippen molar-refractivity contribution in [1.29, 1.82) is 0 Å². The van der Waals surface area contributed by atoms with Crippen LogP contribution < -0.4 is 4.74 Å². The minimum absolute atomic E-state index is 0.0811. The van der Waals surface area contributed by atoms with Gasteiger partial charge < -0.3 is 9.84 Å². The van der Waals surface area contributed by atoms with Crippen molar-refractivity contribution in [1.82, 2.24) is 4.98 Å². The van der Waals surface area contributed by atoms with Crippen LogP contribution in [-0.2, 0) is 6.61 Å². The van der Waals surface area contributed by atoms with Crippen molar-refractivity contribution in [3.63, 3.8) is 0 Å². The van der Waals surface area contributed by atoms with Crippen LogP contribution in [0.5, 0.6) is 5.75 Å². The van der Waals surface area contributed by atoms with Crippen molar-refractivity contribution in [2.75, 3.05) is 0 Å². The third-order valence-corrected chi connectivity index (χ3v) is 3.24. The normalized spacial score (nSPS) is 12.0. The maximum absolute atomic E-state index is 10.8. The summed E-state index contributed by atoms with van der Waals surface area (Å²) in [5, 5.41) is 20.5. The Morgan fingerprint density at radius 1 is 1.43 bits per heavy atom. The number of ether oxygens (including phenoxy) is 1. The van der Waals surface area contributed by atoms with Crippen LogP contribution in [0.15, 0.2) is 41.1 Å². The first-order valence-electron chi connectivity index (χ1n) is 6.16. The average Bonchev–Trinajstić information content (AvgIpc) is 2.44. The van der Waals surface area contributed by atoms with E-state index in [-0.39, 0.29) is 12.3 Å². The third-order valence-electron chi connectivity index (χ3n) is 2.81. The Bertz CT molecular complexity index is 661. The van der Waals surface area contributed by atoms with Gasteiger partial charge in [0.2, 0.25) is 0 Å².